The summed E-state index contributed by atoms with van der Waals surface area (Å²) >= 11 is 0. The van der Waals surface area contributed by atoms with Gasteiger partial charge < -0.3 is 10.3 Å². The first-order valence-electron chi connectivity index (χ1n) is 11.9. The monoisotopic (exact) mass is 479 g/mol. The molecule has 36 heavy (non-hydrogen) atoms. The largest absolute Gasteiger partial charge is 0.352 e. The lowest BCUT2D eigenvalue weighted by Crippen LogP contribution is -2.24. The van der Waals surface area contributed by atoms with E-state index in [4.69, 9.17) is 9.97 Å². The molecule has 0 bridgehead atoms. The van der Waals surface area contributed by atoms with Crippen LogP contribution in [0.3, 0.4) is 0 Å². The van der Waals surface area contributed by atoms with Crippen molar-refractivity contribution in [3.63, 3.8) is 0 Å². The summed E-state index contributed by atoms with van der Waals surface area (Å²) in [6, 6.07) is 17.8. The molecular weight excluding hydrogens is 453 g/mol. The van der Waals surface area contributed by atoms with Crippen molar-refractivity contribution in [2.24, 2.45) is 0 Å². The van der Waals surface area contributed by atoms with Crippen LogP contribution in [0, 0.1) is 19.7 Å². The number of benzene rings is 3. The fourth-order valence-corrected chi connectivity index (χ4v) is 4.31. The average molecular weight is 480 g/mol. The third-order valence-electron chi connectivity index (χ3n) is 5.97. The van der Waals surface area contributed by atoms with E-state index < -0.39 is 0 Å². The second kappa shape index (κ2) is 10.1. The van der Waals surface area contributed by atoms with Crippen LogP contribution in [-0.2, 0) is 6.42 Å². The molecule has 0 saturated heterocycles. The number of amides is 1. The van der Waals surface area contributed by atoms with Gasteiger partial charge in [-0.25, -0.2) is 19.3 Å². The van der Waals surface area contributed by atoms with Crippen LogP contribution in [0.5, 0.6) is 0 Å². The first-order valence-corrected chi connectivity index (χ1v) is 11.9. The van der Waals surface area contributed by atoms with Crippen LogP contribution in [0.4, 0.5) is 4.39 Å². The maximum atomic E-state index is 13.6. The van der Waals surface area contributed by atoms with Crippen LogP contribution in [0.2, 0.25) is 0 Å². The summed E-state index contributed by atoms with van der Waals surface area (Å²) in [6.45, 7) is 4.62. The molecule has 0 unspecified atom stereocenters. The molecular formula is C29H26FN5O. The van der Waals surface area contributed by atoms with E-state index in [1.54, 1.807) is 42.7 Å². The van der Waals surface area contributed by atoms with Gasteiger partial charge in [0.15, 0.2) is 0 Å². The molecule has 2 N–H and O–H groups in total. The Balaban J connectivity index is 1.48. The molecule has 2 heterocycles. The van der Waals surface area contributed by atoms with Crippen LogP contribution in [-0.4, -0.2) is 32.4 Å². The van der Waals surface area contributed by atoms with Gasteiger partial charge in [0.2, 0.25) is 0 Å². The van der Waals surface area contributed by atoms with Crippen molar-refractivity contribution in [1.29, 1.82) is 0 Å². The van der Waals surface area contributed by atoms with Crippen molar-refractivity contribution in [1.82, 2.24) is 25.3 Å². The molecule has 0 aliphatic heterocycles. The van der Waals surface area contributed by atoms with E-state index in [2.05, 4.69) is 33.5 Å². The van der Waals surface area contributed by atoms with Gasteiger partial charge in [0.25, 0.3) is 5.91 Å². The van der Waals surface area contributed by atoms with Crippen LogP contribution >= 0.6 is 0 Å². The molecule has 0 radical (unpaired) electrons. The van der Waals surface area contributed by atoms with E-state index in [0.29, 0.717) is 34.5 Å². The molecule has 3 aromatic carbocycles. The molecule has 5 rings (SSSR count). The highest BCUT2D eigenvalue weighted by molar-refractivity contribution is 5.98. The number of carbonyl (C=O) groups excluding carboxylic acids is 1. The summed E-state index contributed by atoms with van der Waals surface area (Å²) in [5.41, 5.74) is 7.09. The molecule has 0 saturated carbocycles. The number of aromatic nitrogens is 4. The standard InChI is InChI=1S/C29H26FN5O/c1-18-14-19(2)16-22(15-18)28-27(20-5-8-23(30)9-6-20)34-24-10-7-21(17-25(24)35-28)29(36)33-11-3-4-26-31-12-13-32-26/h5-10,12-17H,3-4,11H2,1-2H3,(H,31,32)(H,33,36). The number of H-pyrrole nitrogens is 1. The third-order valence-corrected chi connectivity index (χ3v) is 5.97. The van der Waals surface area contributed by atoms with Gasteiger partial charge >= 0.3 is 0 Å². The van der Waals surface area contributed by atoms with Gasteiger partial charge in [-0.05, 0) is 74.9 Å². The summed E-state index contributed by atoms with van der Waals surface area (Å²) in [5.74, 6) is 0.440. The molecule has 0 atom stereocenters. The highest BCUT2D eigenvalue weighted by atomic mass is 19.1. The van der Waals surface area contributed by atoms with Gasteiger partial charge in [0, 0.05) is 42.0 Å². The van der Waals surface area contributed by atoms with Gasteiger partial charge in [-0.3, -0.25) is 4.79 Å². The van der Waals surface area contributed by atoms with Gasteiger partial charge in [-0.2, -0.15) is 0 Å². The van der Waals surface area contributed by atoms with Gasteiger partial charge in [-0.1, -0.05) is 17.2 Å². The molecule has 1 amide bonds. The van der Waals surface area contributed by atoms with E-state index in [9.17, 15) is 9.18 Å². The van der Waals surface area contributed by atoms with Crippen molar-refractivity contribution in [3.8, 4) is 22.5 Å². The lowest BCUT2D eigenvalue weighted by atomic mass is 10.00. The first kappa shape index (κ1) is 23.4. The molecule has 5 aromatic rings. The molecule has 180 valence electrons. The Bertz CT molecular complexity index is 1510. The smallest absolute Gasteiger partial charge is 0.251 e. The number of rotatable bonds is 7. The predicted molar refractivity (Wildman–Crippen MR) is 139 cm³/mol. The number of carbonyl (C=O) groups is 1. The lowest BCUT2D eigenvalue weighted by Gasteiger charge is -2.13. The highest BCUT2D eigenvalue weighted by Gasteiger charge is 2.16. The van der Waals surface area contributed by atoms with E-state index in [1.807, 2.05) is 13.8 Å². The summed E-state index contributed by atoms with van der Waals surface area (Å²) in [7, 11) is 0. The number of aryl methyl sites for hydroxylation is 3. The zero-order chi connectivity index (χ0) is 25.1. The predicted octanol–water partition coefficient (Wildman–Crippen LogP) is 5.81. The number of halogens is 1. The summed E-state index contributed by atoms with van der Waals surface area (Å²) in [4.78, 5) is 29.9. The molecule has 0 aliphatic rings. The minimum absolute atomic E-state index is 0.159. The highest BCUT2D eigenvalue weighted by Crippen LogP contribution is 2.32. The van der Waals surface area contributed by atoms with Crippen LogP contribution in [0.25, 0.3) is 33.5 Å². The fraction of sp³-hybridized carbons (Fsp3) is 0.172. The molecule has 7 heteroatoms. The third kappa shape index (κ3) is 5.15. The molecule has 6 nitrogen and oxygen atoms in total. The Kier molecular flexibility index (Phi) is 6.54. The van der Waals surface area contributed by atoms with Crippen LogP contribution in [0.15, 0.2) is 73.1 Å². The zero-order valence-corrected chi connectivity index (χ0v) is 20.2. The second-order valence-electron chi connectivity index (χ2n) is 8.90. The minimum atomic E-state index is -0.305. The number of nitrogens with one attached hydrogen (secondary N) is 2. The van der Waals surface area contributed by atoms with Crippen molar-refractivity contribution >= 4 is 16.9 Å². The Morgan fingerprint density at radius 1 is 0.889 bits per heavy atom. The van der Waals surface area contributed by atoms with Crippen molar-refractivity contribution in [3.05, 3.63) is 101 Å². The first-order chi connectivity index (χ1) is 17.5. The van der Waals surface area contributed by atoms with Crippen molar-refractivity contribution in [2.75, 3.05) is 6.54 Å². The molecule has 0 aliphatic carbocycles. The maximum absolute atomic E-state index is 13.6. The van der Waals surface area contributed by atoms with Crippen molar-refractivity contribution in [2.45, 2.75) is 26.7 Å². The SMILES string of the molecule is Cc1cc(C)cc(-c2nc3cc(C(=O)NCCCc4ncc[nH]4)ccc3nc2-c2ccc(F)cc2)c1. The fourth-order valence-electron chi connectivity index (χ4n) is 4.31. The quantitative estimate of drug-likeness (QED) is 0.289. The van der Waals surface area contributed by atoms with E-state index in [0.717, 1.165) is 40.9 Å². The van der Waals surface area contributed by atoms with Crippen molar-refractivity contribution < 1.29 is 9.18 Å². The molecule has 0 fully saturated rings. The number of fused-ring (bicyclic) bond motifs is 1. The Morgan fingerprint density at radius 3 is 2.33 bits per heavy atom. The maximum Gasteiger partial charge on any atom is 0.251 e. The number of hydrogen-bond acceptors (Lipinski definition) is 4. The van der Waals surface area contributed by atoms with E-state index in [-0.39, 0.29) is 11.7 Å². The van der Waals surface area contributed by atoms with E-state index >= 15 is 0 Å². The second-order valence-corrected chi connectivity index (χ2v) is 8.90. The topological polar surface area (TPSA) is 83.6 Å². The van der Waals surface area contributed by atoms with Crippen LogP contribution < -0.4 is 5.32 Å². The van der Waals surface area contributed by atoms with E-state index in [1.165, 1.54) is 12.1 Å². The minimum Gasteiger partial charge on any atom is -0.352 e. The van der Waals surface area contributed by atoms with Gasteiger partial charge in [0.05, 0.1) is 22.4 Å². The summed E-state index contributed by atoms with van der Waals surface area (Å²) < 4.78 is 13.6. The molecule has 0 spiro atoms. The van der Waals surface area contributed by atoms with Gasteiger partial charge in [-0.15, -0.1) is 0 Å². The Labute approximate surface area is 208 Å². The Morgan fingerprint density at radius 2 is 1.61 bits per heavy atom. The average Bonchev–Trinajstić information content (AvgIpc) is 3.39. The van der Waals surface area contributed by atoms with Gasteiger partial charge in [0.1, 0.15) is 11.6 Å². The number of aromatic amines is 1. The summed E-state index contributed by atoms with van der Waals surface area (Å²) in [5, 5.41) is 2.97. The normalized spacial score (nSPS) is 11.1. The summed E-state index contributed by atoms with van der Waals surface area (Å²) in [6.07, 6.45) is 5.06. The number of imidazole rings is 1. The zero-order valence-electron chi connectivity index (χ0n) is 20.2. The number of hydrogen-bond donors (Lipinski definition) is 2. The Hall–Kier alpha value is -4.39. The lowest BCUT2D eigenvalue weighted by molar-refractivity contribution is 0.0953. The van der Waals surface area contributed by atoms with Crippen LogP contribution in [0.1, 0.15) is 33.7 Å². The molecule has 2 aromatic heterocycles. The number of nitrogens with zero attached hydrogens (tertiary/aromatic N) is 3.